The highest BCUT2D eigenvalue weighted by atomic mass is 14.8. The van der Waals surface area contributed by atoms with Gasteiger partial charge in [0, 0.05) is 6.54 Å². The van der Waals surface area contributed by atoms with Crippen molar-refractivity contribution in [3.8, 4) is 0 Å². The third-order valence-corrected chi connectivity index (χ3v) is 3.90. The van der Waals surface area contributed by atoms with Crippen molar-refractivity contribution in [2.24, 2.45) is 17.3 Å². The second-order valence-electron chi connectivity index (χ2n) is 4.92. The molecule has 3 aliphatic rings. The van der Waals surface area contributed by atoms with Gasteiger partial charge in [0.15, 0.2) is 0 Å². The Hall–Kier alpha value is -0.300. The van der Waals surface area contributed by atoms with Crippen molar-refractivity contribution in [3.05, 3.63) is 11.6 Å². The molecule has 2 atom stereocenters. The van der Waals surface area contributed by atoms with E-state index in [1.54, 1.807) is 5.57 Å². The molecule has 1 saturated carbocycles. The standard InChI is InChI=1S/C11H19N/c1-11(2)9-4-8(7-12-3)5-10(11)6-9/h4,9-10,12H,5-7H2,1-3H3. The Kier molecular flexibility index (Phi) is 1.80. The fourth-order valence-corrected chi connectivity index (χ4v) is 2.71. The van der Waals surface area contributed by atoms with Gasteiger partial charge in [-0.2, -0.15) is 0 Å². The molecule has 68 valence electrons. The van der Waals surface area contributed by atoms with Crippen LogP contribution >= 0.6 is 0 Å². The summed E-state index contributed by atoms with van der Waals surface area (Å²) in [5, 5.41) is 3.24. The largest absolute Gasteiger partial charge is 0.316 e. The summed E-state index contributed by atoms with van der Waals surface area (Å²) in [5.74, 6) is 1.84. The molecule has 0 aromatic carbocycles. The lowest BCUT2D eigenvalue weighted by Crippen LogP contribution is -2.47. The highest BCUT2D eigenvalue weighted by Crippen LogP contribution is 2.57. The second-order valence-corrected chi connectivity index (χ2v) is 4.92. The summed E-state index contributed by atoms with van der Waals surface area (Å²) in [6.45, 7) is 5.93. The van der Waals surface area contributed by atoms with Crippen molar-refractivity contribution in [1.29, 1.82) is 0 Å². The van der Waals surface area contributed by atoms with E-state index in [4.69, 9.17) is 0 Å². The molecule has 3 aliphatic carbocycles. The van der Waals surface area contributed by atoms with E-state index >= 15 is 0 Å². The predicted molar refractivity (Wildman–Crippen MR) is 52.0 cm³/mol. The SMILES string of the molecule is CNCC1=CC2CC(C1)C2(C)C. The zero-order chi connectivity index (χ0) is 8.77. The maximum absolute atomic E-state index is 3.24. The Morgan fingerprint density at radius 1 is 1.58 bits per heavy atom. The molecule has 1 N–H and O–H groups in total. The van der Waals surface area contributed by atoms with E-state index in [1.807, 2.05) is 7.05 Å². The van der Waals surface area contributed by atoms with Crippen LogP contribution in [-0.4, -0.2) is 13.6 Å². The predicted octanol–water partition coefficient (Wildman–Crippen LogP) is 2.20. The van der Waals surface area contributed by atoms with Crippen molar-refractivity contribution in [2.75, 3.05) is 13.6 Å². The van der Waals surface area contributed by atoms with Crippen molar-refractivity contribution in [3.63, 3.8) is 0 Å². The molecule has 3 rings (SSSR count). The lowest BCUT2D eigenvalue weighted by Gasteiger charge is -2.55. The molecule has 2 bridgehead atoms. The number of nitrogens with one attached hydrogen (secondary N) is 1. The van der Waals surface area contributed by atoms with E-state index in [1.165, 1.54) is 12.8 Å². The third kappa shape index (κ3) is 1.03. The summed E-state index contributed by atoms with van der Waals surface area (Å²) in [4.78, 5) is 0. The molecule has 0 radical (unpaired) electrons. The molecule has 0 aliphatic heterocycles. The Balaban J connectivity index is 2.08. The number of hydrogen-bond acceptors (Lipinski definition) is 1. The molecule has 1 nitrogen and oxygen atoms in total. The summed E-state index contributed by atoms with van der Waals surface area (Å²) < 4.78 is 0. The highest BCUT2D eigenvalue weighted by molar-refractivity contribution is 5.21. The lowest BCUT2D eigenvalue weighted by molar-refractivity contribution is -0.00126. The average Bonchev–Trinajstić information content (AvgIpc) is 2.05. The molecule has 2 unspecified atom stereocenters. The van der Waals surface area contributed by atoms with Gasteiger partial charge in [0.25, 0.3) is 0 Å². The van der Waals surface area contributed by atoms with Gasteiger partial charge in [-0.1, -0.05) is 25.5 Å². The van der Waals surface area contributed by atoms with Crippen molar-refractivity contribution in [1.82, 2.24) is 5.32 Å². The Bertz CT molecular complexity index is 215. The molecular weight excluding hydrogens is 146 g/mol. The maximum atomic E-state index is 3.24. The van der Waals surface area contributed by atoms with E-state index in [0.717, 1.165) is 18.4 Å². The van der Waals surface area contributed by atoms with E-state index < -0.39 is 0 Å². The van der Waals surface area contributed by atoms with E-state index in [0.29, 0.717) is 5.41 Å². The summed E-state index contributed by atoms with van der Waals surface area (Å²) in [5.41, 5.74) is 2.25. The number of likely N-dealkylation sites (N-methyl/N-ethyl adjacent to an activating group) is 1. The first kappa shape index (κ1) is 8.31. The van der Waals surface area contributed by atoms with E-state index in [-0.39, 0.29) is 0 Å². The summed E-state index contributed by atoms with van der Waals surface area (Å²) in [6.07, 6.45) is 5.29. The summed E-state index contributed by atoms with van der Waals surface area (Å²) in [7, 11) is 2.03. The molecule has 0 saturated heterocycles. The van der Waals surface area contributed by atoms with Crippen LogP contribution in [0.25, 0.3) is 0 Å². The lowest BCUT2D eigenvalue weighted by atomic mass is 9.50. The first-order valence-corrected chi connectivity index (χ1v) is 4.98. The quantitative estimate of drug-likeness (QED) is 0.618. The van der Waals surface area contributed by atoms with Crippen LogP contribution in [0, 0.1) is 17.3 Å². The monoisotopic (exact) mass is 165 g/mol. The van der Waals surface area contributed by atoms with Gasteiger partial charge in [0.05, 0.1) is 0 Å². The highest BCUT2D eigenvalue weighted by Gasteiger charge is 2.49. The summed E-state index contributed by atoms with van der Waals surface area (Å²) in [6, 6.07) is 0. The minimum Gasteiger partial charge on any atom is -0.316 e. The Morgan fingerprint density at radius 2 is 2.33 bits per heavy atom. The number of rotatable bonds is 2. The van der Waals surface area contributed by atoms with Crippen molar-refractivity contribution >= 4 is 0 Å². The van der Waals surface area contributed by atoms with Gasteiger partial charge < -0.3 is 5.32 Å². The number of hydrogen-bond donors (Lipinski definition) is 1. The molecule has 12 heavy (non-hydrogen) atoms. The first-order chi connectivity index (χ1) is 5.64. The van der Waals surface area contributed by atoms with Crippen LogP contribution in [-0.2, 0) is 0 Å². The molecule has 1 fully saturated rings. The van der Waals surface area contributed by atoms with Gasteiger partial charge in [-0.3, -0.25) is 0 Å². The molecule has 0 aromatic rings. The molecular formula is C11H19N. The zero-order valence-corrected chi connectivity index (χ0v) is 8.35. The van der Waals surface area contributed by atoms with Crippen LogP contribution in [0.15, 0.2) is 11.6 Å². The molecule has 0 aromatic heterocycles. The van der Waals surface area contributed by atoms with Crippen LogP contribution in [0.3, 0.4) is 0 Å². The molecule has 0 heterocycles. The van der Waals surface area contributed by atoms with Gasteiger partial charge in [0.1, 0.15) is 0 Å². The molecule has 0 spiro atoms. The minimum atomic E-state index is 0.608. The zero-order valence-electron chi connectivity index (χ0n) is 8.35. The topological polar surface area (TPSA) is 12.0 Å². The van der Waals surface area contributed by atoms with Crippen LogP contribution in [0.1, 0.15) is 26.7 Å². The van der Waals surface area contributed by atoms with Gasteiger partial charge >= 0.3 is 0 Å². The van der Waals surface area contributed by atoms with Crippen molar-refractivity contribution < 1.29 is 0 Å². The number of fused-ring (bicyclic) bond motifs is 1. The Labute approximate surface area is 75.2 Å². The van der Waals surface area contributed by atoms with Crippen LogP contribution in [0.2, 0.25) is 0 Å². The van der Waals surface area contributed by atoms with Gasteiger partial charge in [-0.05, 0) is 37.1 Å². The van der Waals surface area contributed by atoms with E-state index in [9.17, 15) is 0 Å². The second kappa shape index (κ2) is 2.59. The van der Waals surface area contributed by atoms with Crippen LogP contribution in [0.4, 0.5) is 0 Å². The smallest absolute Gasteiger partial charge is 0.0161 e. The van der Waals surface area contributed by atoms with Crippen LogP contribution in [0.5, 0.6) is 0 Å². The number of allylic oxidation sites excluding steroid dienone is 1. The fourth-order valence-electron chi connectivity index (χ4n) is 2.71. The van der Waals surface area contributed by atoms with E-state index in [2.05, 4.69) is 25.2 Å². The third-order valence-electron chi connectivity index (χ3n) is 3.90. The summed E-state index contributed by atoms with van der Waals surface area (Å²) >= 11 is 0. The van der Waals surface area contributed by atoms with Crippen molar-refractivity contribution in [2.45, 2.75) is 26.7 Å². The van der Waals surface area contributed by atoms with Gasteiger partial charge in [0.2, 0.25) is 0 Å². The Morgan fingerprint density at radius 3 is 2.75 bits per heavy atom. The molecule has 0 amide bonds. The van der Waals surface area contributed by atoms with Gasteiger partial charge in [-0.25, -0.2) is 0 Å². The van der Waals surface area contributed by atoms with Gasteiger partial charge in [-0.15, -0.1) is 0 Å². The average molecular weight is 165 g/mol. The van der Waals surface area contributed by atoms with Crippen LogP contribution < -0.4 is 5.32 Å². The molecule has 1 heteroatoms. The maximum Gasteiger partial charge on any atom is 0.0161 e. The first-order valence-electron chi connectivity index (χ1n) is 4.98. The normalized spacial score (nSPS) is 37.1. The minimum absolute atomic E-state index is 0.608. The fraction of sp³-hybridized carbons (Fsp3) is 0.818.